The number of hydrogen-bond acceptors (Lipinski definition) is 3. The second-order valence-corrected chi connectivity index (χ2v) is 4.45. The van der Waals surface area contributed by atoms with Gasteiger partial charge in [0.15, 0.2) is 0 Å². The molecule has 0 radical (unpaired) electrons. The largest absolute Gasteiger partial charge is 0.495 e. The van der Waals surface area contributed by atoms with Crippen LogP contribution in [0.4, 0.5) is 4.39 Å². The average molecular weight is 281 g/mol. The van der Waals surface area contributed by atoms with Gasteiger partial charge < -0.3 is 4.74 Å². The van der Waals surface area contributed by atoms with Crippen LogP contribution in [0, 0.1) is 5.82 Å². The molecule has 0 spiro atoms. The van der Waals surface area contributed by atoms with Gasteiger partial charge in [0.25, 0.3) is 0 Å². The van der Waals surface area contributed by atoms with Gasteiger partial charge in [-0.2, -0.15) is 0 Å². The maximum atomic E-state index is 12.9. The van der Waals surface area contributed by atoms with E-state index < -0.39 is 0 Å². The first kappa shape index (κ1) is 13.8. The lowest BCUT2D eigenvalue weighted by Gasteiger charge is -2.18. The molecule has 0 saturated heterocycles. The van der Waals surface area contributed by atoms with E-state index in [2.05, 4.69) is 5.43 Å². The molecule has 100 valence electrons. The third-order valence-electron chi connectivity index (χ3n) is 2.88. The van der Waals surface area contributed by atoms with Crippen LogP contribution in [0.15, 0.2) is 42.5 Å². The molecule has 0 saturated carbocycles. The molecule has 19 heavy (non-hydrogen) atoms. The van der Waals surface area contributed by atoms with E-state index in [9.17, 15) is 4.39 Å². The standard InChI is InChI=1S/C14H14ClFN2O/c1-19-13-8-10(4-7-12(13)15)14(18-17)9-2-5-11(16)6-3-9/h2-8,14,18H,17H2,1H3. The van der Waals surface area contributed by atoms with Gasteiger partial charge in [-0.3, -0.25) is 5.84 Å². The first-order chi connectivity index (χ1) is 9.15. The summed E-state index contributed by atoms with van der Waals surface area (Å²) in [7, 11) is 1.55. The minimum Gasteiger partial charge on any atom is -0.495 e. The molecular weight excluding hydrogens is 267 g/mol. The molecule has 0 aliphatic heterocycles. The zero-order valence-corrected chi connectivity index (χ0v) is 11.1. The van der Waals surface area contributed by atoms with E-state index >= 15 is 0 Å². The summed E-state index contributed by atoms with van der Waals surface area (Å²) < 4.78 is 18.1. The lowest BCUT2D eigenvalue weighted by molar-refractivity contribution is 0.414. The second-order valence-electron chi connectivity index (χ2n) is 4.05. The predicted molar refractivity (Wildman–Crippen MR) is 73.6 cm³/mol. The number of benzene rings is 2. The number of hydrogen-bond donors (Lipinski definition) is 2. The van der Waals surface area contributed by atoms with Gasteiger partial charge in [-0.05, 0) is 35.4 Å². The van der Waals surface area contributed by atoms with Crippen LogP contribution in [0.5, 0.6) is 5.75 Å². The summed E-state index contributed by atoms with van der Waals surface area (Å²) in [5, 5.41) is 0.529. The first-order valence-electron chi connectivity index (χ1n) is 5.70. The van der Waals surface area contributed by atoms with Crippen molar-refractivity contribution in [1.82, 2.24) is 5.43 Å². The van der Waals surface area contributed by atoms with Crippen molar-refractivity contribution in [2.24, 2.45) is 5.84 Å². The van der Waals surface area contributed by atoms with Crippen molar-refractivity contribution in [2.75, 3.05) is 7.11 Å². The summed E-state index contributed by atoms with van der Waals surface area (Å²) in [4.78, 5) is 0. The molecule has 3 N–H and O–H groups in total. The minimum absolute atomic E-state index is 0.258. The highest BCUT2D eigenvalue weighted by molar-refractivity contribution is 6.32. The van der Waals surface area contributed by atoms with Crippen molar-refractivity contribution in [3.8, 4) is 5.75 Å². The Labute approximate surface area is 116 Å². The van der Waals surface area contributed by atoms with E-state index in [4.69, 9.17) is 22.2 Å². The molecule has 0 fully saturated rings. The quantitative estimate of drug-likeness (QED) is 0.668. The number of nitrogens with two attached hydrogens (primary N) is 1. The number of nitrogens with one attached hydrogen (secondary N) is 1. The molecule has 2 aromatic rings. The van der Waals surface area contributed by atoms with E-state index in [-0.39, 0.29) is 11.9 Å². The molecule has 5 heteroatoms. The first-order valence-corrected chi connectivity index (χ1v) is 6.08. The number of rotatable bonds is 4. The van der Waals surface area contributed by atoms with Crippen LogP contribution in [0.2, 0.25) is 5.02 Å². The lowest BCUT2D eigenvalue weighted by Crippen LogP contribution is -2.28. The molecular formula is C14H14ClFN2O. The Morgan fingerprint density at radius 3 is 2.37 bits per heavy atom. The van der Waals surface area contributed by atoms with E-state index in [1.165, 1.54) is 12.1 Å². The van der Waals surface area contributed by atoms with Crippen molar-refractivity contribution in [1.29, 1.82) is 0 Å². The van der Waals surface area contributed by atoms with Crippen LogP contribution >= 0.6 is 11.6 Å². The summed E-state index contributed by atoms with van der Waals surface area (Å²) in [5.41, 5.74) is 4.44. The van der Waals surface area contributed by atoms with Gasteiger partial charge in [0.05, 0.1) is 18.2 Å². The van der Waals surface area contributed by atoms with E-state index in [1.54, 1.807) is 31.4 Å². The smallest absolute Gasteiger partial charge is 0.137 e. The van der Waals surface area contributed by atoms with Crippen LogP contribution in [-0.2, 0) is 0 Å². The Bertz CT molecular complexity index is 560. The SMILES string of the molecule is COc1cc(C(NN)c2ccc(F)cc2)ccc1Cl. The molecule has 0 aromatic heterocycles. The Balaban J connectivity index is 2.39. The Hall–Kier alpha value is -1.62. The second kappa shape index (κ2) is 6.02. The average Bonchev–Trinajstić information content (AvgIpc) is 2.43. The highest BCUT2D eigenvalue weighted by Gasteiger charge is 2.14. The predicted octanol–water partition coefficient (Wildman–Crippen LogP) is 3.04. The third kappa shape index (κ3) is 3.04. The summed E-state index contributed by atoms with van der Waals surface area (Å²) in [6, 6.07) is 11.3. The number of halogens is 2. The van der Waals surface area contributed by atoms with Gasteiger partial charge in [0, 0.05) is 0 Å². The number of ether oxygens (including phenoxy) is 1. The fourth-order valence-electron chi connectivity index (χ4n) is 1.90. The van der Waals surface area contributed by atoms with Crippen LogP contribution in [0.1, 0.15) is 17.2 Å². The Morgan fingerprint density at radius 1 is 1.16 bits per heavy atom. The topological polar surface area (TPSA) is 47.3 Å². The van der Waals surface area contributed by atoms with Crippen LogP contribution in [0.3, 0.4) is 0 Å². The molecule has 1 unspecified atom stereocenters. The Kier molecular flexibility index (Phi) is 4.37. The minimum atomic E-state index is -0.284. The Morgan fingerprint density at radius 2 is 1.79 bits per heavy atom. The number of methoxy groups -OCH3 is 1. The van der Waals surface area contributed by atoms with Crippen molar-refractivity contribution in [3.63, 3.8) is 0 Å². The maximum Gasteiger partial charge on any atom is 0.137 e. The molecule has 2 rings (SSSR count). The van der Waals surface area contributed by atoms with Crippen molar-refractivity contribution < 1.29 is 9.13 Å². The molecule has 0 heterocycles. The summed E-state index contributed by atoms with van der Waals surface area (Å²) >= 11 is 5.98. The molecule has 0 amide bonds. The van der Waals surface area contributed by atoms with Gasteiger partial charge in [0.2, 0.25) is 0 Å². The fourth-order valence-corrected chi connectivity index (χ4v) is 2.09. The molecule has 0 aliphatic rings. The van der Waals surface area contributed by atoms with Gasteiger partial charge in [-0.15, -0.1) is 0 Å². The lowest BCUT2D eigenvalue weighted by atomic mass is 9.99. The molecule has 2 aromatic carbocycles. The number of hydrazine groups is 1. The monoisotopic (exact) mass is 280 g/mol. The highest BCUT2D eigenvalue weighted by atomic mass is 35.5. The zero-order chi connectivity index (χ0) is 13.8. The van der Waals surface area contributed by atoms with Gasteiger partial charge >= 0.3 is 0 Å². The van der Waals surface area contributed by atoms with Crippen LogP contribution in [-0.4, -0.2) is 7.11 Å². The van der Waals surface area contributed by atoms with E-state index in [0.717, 1.165) is 11.1 Å². The van der Waals surface area contributed by atoms with Crippen LogP contribution < -0.4 is 16.0 Å². The summed E-state index contributed by atoms with van der Waals surface area (Å²) in [6.45, 7) is 0. The van der Waals surface area contributed by atoms with Crippen molar-refractivity contribution >= 4 is 11.6 Å². The molecule has 0 aliphatic carbocycles. The van der Waals surface area contributed by atoms with Crippen molar-refractivity contribution in [3.05, 3.63) is 64.4 Å². The molecule has 0 bridgehead atoms. The van der Waals surface area contributed by atoms with Crippen molar-refractivity contribution in [2.45, 2.75) is 6.04 Å². The van der Waals surface area contributed by atoms with Crippen LogP contribution in [0.25, 0.3) is 0 Å². The van der Waals surface area contributed by atoms with E-state index in [1.807, 2.05) is 6.07 Å². The fraction of sp³-hybridized carbons (Fsp3) is 0.143. The summed E-state index contributed by atoms with van der Waals surface area (Å²) in [5.74, 6) is 5.87. The summed E-state index contributed by atoms with van der Waals surface area (Å²) in [6.07, 6.45) is 0. The molecule has 3 nitrogen and oxygen atoms in total. The van der Waals surface area contributed by atoms with E-state index in [0.29, 0.717) is 10.8 Å². The zero-order valence-electron chi connectivity index (χ0n) is 10.4. The van der Waals surface area contributed by atoms with Gasteiger partial charge in [-0.1, -0.05) is 29.8 Å². The maximum absolute atomic E-state index is 12.9. The molecule has 1 atom stereocenters. The highest BCUT2D eigenvalue weighted by Crippen LogP contribution is 2.30. The van der Waals surface area contributed by atoms with Gasteiger partial charge in [0.1, 0.15) is 11.6 Å². The third-order valence-corrected chi connectivity index (χ3v) is 3.19. The van der Waals surface area contributed by atoms with Gasteiger partial charge in [-0.25, -0.2) is 9.82 Å². The normalized spacial score (nSPS) is 12.2.